The lowest BCUT2D eigenvalue weighted by molar-refractivity contribution is -0.671. The predicted octanol–water partition coefficient (Wildman–Crippen LogP) is 2.36. The summed E-state index contributed by atoms with van der Waals surface area (Å²) in [7, 11) is 2.07. The van der Waals surface area contributed by atoms with E-state index in [9.17, 15) is 0 Å². The first kappa shape index (κ1) is 20.2. The van der Waals surface area contributed by atoms with Gasteiger partial charge in [-0.2, -0.15) is 0 Å². The Balaban J connectivity index is 0.000000468. The third kappa shape index (κ3) is 8.30. The van der Waals surface area contributed by atoms with E-state index >= 15 is 0 Å². The molecule has 1 heterocycles. The second-order valence-corrected chi connectivity index (χ2v) is 5.47. The monoisotopic (exact) mass is 310 g/mol. The molecule has 0 spiro atoms. The van der Waals surface area contributed by atoms with Crippen molar-refractivity contribution in [3.05, 3.63) is 18.7 Å². The molecule has 0 aliphatic carbocycles. The first-order valence-electron chi connectivity index (χ1n) is 7.89. The van der Waals surface area contributed by atoms with Gasteiger partial charge in [0.2, 0.25) is 6.33 Å². The van der Waals surface area contributed by atoms with Gasteiger partial charge in [0.15, 0.2) is 0 Å². The van der Waals surface area contributed by atoms with Crippen molar-refractivity contribution in [2.24, 2.45) is 7.05 Å². The number of rotatable bonds is 7. The zero-order chi connectivity index (χ0) is 17.6. The van der Waals surface area contributed by atoms with Gasteiger partial charge < -0.3 is 0 Å². The Hall–Kier alpha value is -2.77. The van der Waals surface area contributed by atoms with Gasteiger partial charge in [-0.25, -0.2) is 30.2 Å². The zero-order valence-electron chi connectivity index (χ0n) is 13.9. The van der Waals surface area contributed by atoms with Crippen molar-refractivity contribution in [3.8, 4) is 23.9 Å². The Kier molecular flexibility index (Phi) is 10.4. The van der Waals surface area contributed by atoms with Crippen LogP contribution in [0.25, 0.3) is 0 Å². The topological polar surface area (TPSA) is 104 Å². The van der Waals surface area contributed by atoms with Crippen molar-refractivity contribution in [2.75, 3.05) is 0 Å². The van der Waals surface area contributed by atoms with Gasteiger partial charge in [-0.05, 0) is 12.8 Å². The quantitative estimate of drug-likeness (QED) is 0.438. The predicted molar refractivity (Wildman–Crippen MR) is 87.2 cm³/mol. The van der Waals surface area contributed by atoms with Crippen LogP contribution in [0, 0.1) is 44.9 Å². The molecule has 0 saturated carbocycles. The van der Waals surface area contributed by atoms with E-state index < -0.39 is 6.15 Å². The van der Waals surface area contributed by atoms with Crippen LogP contribution in [0.2, 0.25) is 0 Å². The van der Waals surface area contributed by atoms with Crippen LogP contribution in [-0.2, 0) is 13.6 Å². The molecule has 0 bridgehead atoms. The minimum absolute atomic E-state index is 1.17. The van der Waals surface area contributed by atoms with E-state index in [2.05, 4.69) is 41.8 Å². The van der Waals surface area contributed by atoms with Gasteiger partial charge in [0.05, 0.1) is 13.6 Å². The normalized spacial score (nSPS) is 9.48. The molecular weight excluding hydrogens is 287 g/mol. The number of nitrogens with zero attached hydrogens (tertiary/aromatic N) is 6. The Morgan fingerprint density at radius 2 is 1.43 bits per heavy atom. The molecular formula is C16H23BN6. The summed E-state index contributed by atoms with van der Waals surface area (Å²) in [5, 5.41) is 32.3. The Morgan fingerprint density at radius 3 is 1.83 bits per heavy atom. The highest BCUT2D eigenvalue weighted by Gasteiger charge is 2.22. The molecule has 0 aliphatic rings. The third-order valence-corrected chi connectivity index (χ3v) is 3.37. The minimum Gasteiger partial charge on any atom is -0.245 e. The molecule has 7 heteroatoms. The lowest BCUT2D eigenvalue weighted by atomic mass is 9.30. The zero-order valence-corrected chi connectivity index (χ0v) is 13.9. The summed E-state index contributed by atoms with van der Waals surface area (Å²) in [6.45, 7) is 3.44. The smallest absolute Gasteiger partial charge is 0.245 e. The van der Waals surface area contributed by atoms with Crippen molar-refractivity contribution in [1.29, 1.82) is 21.0 Å². The molecule has 0 radical (unpaired) electrons. The average molecular weight is 310 g/mol. The van der Waals surface area contributed by atoms with Crippen LogP contribution in [0.4, 0.5) is 0 Å². The van der Waals surface area contributed by atoms with Crippen LogP contribution in [0.5, 0.6) is 0 Å². The molecule has 0 aromatic carbocycles. The maximum atomic E-state index is 8.09. The summed E-state index contributed by atoms with van der Waals surface area (Å²) in [5.74, 6) is 5.38. The number of hydrogen-bond acceptors (Lipinski definition) is 4. The van der Waals surface area contributed by atoms with E-state index in [1.807, 2.05) is 0 Å². The van der Waals surface area contributed by atoms with Crippen LogP contribution in [0.15, 0.2) is 18.7 Å². The number of aromatic nitrogens is 2. The summed E-state index contributed by atoms with van der Waals surface area (Å²) in [4.78, 5) is 0. The fraction of sp³-hybridized carbons (Fsp3) is 0.562. The largest absolute Gasteiger partial charge is 0.383 e. The van der Waals surface area contributed by atoms with E-state index in [-0.39, 0.29) is 0 Å². The third-order valence-electron chi connectivity index (χ3n) is 3.37. The molecule has 1 rings (SSSR count). The number of hydrogen-bond donors (Lipinski definition) is 0. The lowest BCUT2D eigenvalue weighted by Crippen LogP contribution is -2.26. The summed E-state index contributed by atoms with van der Waals surface area (Å²) in [6, 6.07) is 0. The van der Waals surface area contributed by atoms with Gasteiger partial charge in [0.25, 0.3) is 0 Å². The Bertz CT molecular complexity index is 561. The van der Waals surface area contributed by atoms with Gasteiger partial charge in [-0.1, -0.05) is 32.6 Å². The number of imidazole rings is 1. The Labute approximate surface area is 138 Å². The first-order valence-corrected chi connectivity index (χ1v) is 7.89. The van der Waals surface area contributed by atoms with E-state index in [1.165, 1.54) is 68.9 Å². The second kappa shape index (κ2) is 11.8. The summed E-state index contributed by atoms with van der Waals surface area (Å²) in [6.07, 6.45) is 11.9. The van der Waals surface area contributed by atoms with E-state index in [1.54, 1.807) is 0 Å². The van der Waals surface area contributed by atoms with Gasteiger partial charge in [0, 0.05) is 0 Å². The van der Waals surface area contributed by atoms with E-state index in [4.69, 9.17) is 21.0 Å². The first-order chi connectivity index (χ1) is 11.1. The van der Waals surface area contributed by atoms with Crippen molar-refractivity contribution in [3.63, 3.8) is 0 Å². The van der Waals surface area contributed by atoms with E-state index in [0.29, 0.717) is 0 Å². The molecule has 1 aromatic rings. The van der Waals surface area contributed by atoms with Crippen molar-refractivity contribution in [2.45, 2.75) is 52.0 Å². The van der Waals surface area contributed by atoms with Gasteiger partial charge >= 0.3 is 6.15 Å². The summed E-state index contributed by atoms with van der Waals surface area (Å²) >= 11 is 0. The molecule has 0 N–H and O–H groups in total. The molecule has 0 saturated heterocycles. The highest BCUT2D eigenvalue weighted by atomic mass is 15.1. The molecule has 0 aliphatic heterocycles. The Morgan fingerprint density at radius 1 is 0.913 bits per heavy atom. The molecule has 6 nitrogen and oxygen atoms in total. The highest BCUT2D eigenvalue weighted by molar-refractivity contribution is 7.05. The molecule has 0 atom stereocenters. The average Bonchev–Trinajstić information content (AvgIpc) is 2.99. The fourth-order valence-corrected chi connectivity index (χ4v) is 1.88. The highest BCUT2D eigenvalue weighted by Crippen LogP contribution is 2.05. The molecule has 1 aromatic heterocycles. The number of aryl methyl sites for hydroxylation is 2. The van der Waals surface area contributed by atoms with Crippen LogP contribution < -0.4 is 4.57 Å². The van der Waals surface area contributed by atoms with E-state index in [0.717, 1.165) is 0 Å². The van der Waals surface area contributed by atoms with Gasteiger partial charge in [0.1, 0.15) is 12.4 Å². The lowest BCUT2D eigenvalue weighted by Gasteiger charge is -1.98. The fourth-order valence-electron chi connectivity index (χ4n) is 1.88. The molecule has 0 fully saturated rings. The minimum atomic E-state index is -2.72. The summed E-state index contributed by atoms with van der Waals surface area (Å²) < 4.78 is 4.36. The second-order valence-electron chi connectivity index (χ2n) is 5.47. The van der Waals surface area contributed by atoms with Crippen LogP contribution in [0.1, 0.15) is 45.4 Å². The SMILES string of the molecule is CCCCCCCCn1cc[n+](C)c1.N#C[B-](C#N)(C#N)C#N. The standard InChI is InChI=1S/C12H23N2.C4BN4/c1-3-4-5-6-7-8-9-14-11-10-13(2)12-14;6-1-5(2-7,3-8)4-9/h10-12H,3-9H2,1-2H3;/q+1;-1. The molecule has 120 valence electrons. The van der Waals surface area contributed by atoms with Crippen molar-refractivity contribution < 1.29 is 4.57 Å². The van der Waals surface area contributed by atoms with Crippen LogP contribution >= 0.6 is 0 Å². The number of nitriles is 4. The van der Waals surface area contributed by atoms with Crippen molar-refractivity contribution >= 4 is 6.15 Å². The number of unbranched alkanes of at least 4 members (excludes halogenated alkanes) is 5. The maximum Gasteiger partial charge on any atom is 0.383 e. The van der Waals surface area contributed by atoms with Crippen molar-refractivity contribution in [1.82, 2.24) is 4.57 Å². The van der Waals surface area contributed by atoms with Crippen LogP contribution in [0.3, 0.4) is 0 Å². The van der Waals surface area contributed by atoms with Gasteiger partial charge in [-0.3, -0.25) is 0 Å². The van der Waals surface area contributed by atoms with Gasteiger partial charge in [-0.15, -0.1) is 23.9 Å². The molecule has 23 heavy (non-hydrogen) atoms. The van der Waals surface area contributed by atoms with Crippen LogP contribution in [-0.4, -0.2) is 10.7 Å². The maximum absolute atomic E-state index is 8.09. The molecule has 0 unspecified atom stereocenters. The summed E-state index contributed by atoms with van der Waals surface area (Å²) in [5.41, 5.74) is 0. The molecule has 0 amide bonds.